The Labute approximate surface area is 69.7 Å². The van der Waals surface area contributed by atoms with Crippen molar-refractivity contribution in [3.8, 4) is 0 Å². The van der Waals surface area contributed by atoms with Crippen LogP contribution >= 0.6 is 11.3 Å². The second kappa shape index (κ2) is 2.59. The van der Waals surface area contributed by atoms with Crippen LogP contribution in [0.3, 0.4) is 0 Å². The minimum atomic E-state index is -0.336. The molecule has 11 heavy (non-hydrogen) atoms. The SMILES string of the molecule is N[C@@H]1c2ccsc2CC[C@H]1O. The van der Waals surface area contributed by atoms with Gasteiger partial charge in [-0.1, -0.05) is 0 Å². The summed E-state index contributed by atoms with van der Waals surface area (Å²) in [7, 11) is 0. The van der Waals surface area contributed by atoms with Crippen LogP contribution in [0.5, 0.6) is 0 Å². The summed E-state index contributed by atoms with van der Waals surface area (Å²) in [6.45, 7) is 0. The number of aliphatic hydroxyl groups excluding tert-OH is 1. The van der Waals surface area contributed by atoms with E-state index in [9.17, 15) is 5.11 Å². The third-order valence-corrected chi connectivity index (χ3v) is 3.22. The summed E-state index contributed by atoms with van der Waals surface area (Å²) < 4.78 is 0. The number of aliphatic hydroxyl groups is 1. The monoisotopic (exact) mass is 169 g/mol. The van der Waals surface area contributed by atoms with E-state index in [2.05, 4.69) is 0 Å². The molecule has 0 radical (unpaired) electrons. The van der Waals surface area contributed by atoms with Crippen molar-refractivity contribution < 1.29 is 5.11 Å². The van der Waals surface area contributed by atoms with Gasteiger partial charge >= 0.3 is 0 Å². The van der Waals surface area contributed by atoms with Gasteiger partial charge in [0, 0.05) is 4.88 Å². The molecule has 0 aromatic carbocycles. The highest BCUT2D eigenvalue weighted by atomic mass is 32.1. The Morgan fingerprint density at radius 2 is 2.45 bits per heavy atom. The zero-order valence-electron chi connectivity index (χ0n) is 6.16. The van der Waals surface area contributed by atoms with E-state index < -0.39 is 0 Å². The van der Waals surface area contributed by atoms with Crippen LogP contribution in [0.25, 0.3) is 0 Å². The van der Waals surface area contributed by atoms with Crippen molar-refractivity contribution in [1.29, 1.82) is 0 Å². The number of nitrogens with two attached hydrogens (primary N) is 1. The number of thiophene rings is 1. The molecule has 0 saturated heterocycles. The van der Waals surface area contributed by atoms with Gasteiger partial charge in [-0.25, -0.2) is 0 Å². The van der Waals surface area contributed by atoms with Crippen LogP contribution in [0.2, 0.25) is 0 Å². The summed E-state index contributed by atoms with van der Waals surface area (Å²) in [5.41, 5.74) is 6.94. The fourth-order valence-electron chi connectivity index (χ4n) is 1.52. The van der Waals surface area contributed by atoms with Gasteiger partial charge in [-0.05, 0) is 29.9 Å². The van der Waals surface area contributed by atoms with Crippen LogP contribution in [-0.4, -0.2) is 11.2 Å². The van der Waals surface area contributed by atoms with Gasteiger partial charge in [0.25, 0.3) is 0 Å². The normalized spacial score (nSPS) is 30.0. The fourth-order valence-corrected chi connectivity index (χ4v) is 2.47. The van der Waals surface area contributed by atoms with E-state index >= 15 is 0 Å². The number of rotatable bonds is 0. The second-order valence-electron chi connectivity index (χ2n) is 2.93. The molecule has 0 spiro atoms. The first-order valence-corrected chi connectivity index (χ1v) is 4.67. The first-order valence-electron chi connectivity index (χ1n) is 3.79. The Morgan fingerprint density at radius 3 is 3.27 bits per heavy atom. The molecule has 1 aliphatic carbocycles. The molecule has 3 heteroatoms. The van der Waals surface area contributed by atoms with Gasteiger partial charge in [-0.3, -0.25) is 0 Å². The quantitative estimate of drug-likeness (QED) is 0.610. The molecule has 0 fully saturated rings. The number of hydrogen-bond donors (Lipinski definition) is 2. The molecule has 2 nitrogen and oxygen atoms in total. The van der Waals surface area contributed by atoms with Gasteiger partial charge in [0.15, 0.2) is 0 Å². The lowest BCUT2D eigenvalue weighted by Gasteiger charge is -2.24. The minimum absolute atomic E-state index is 0.148. The van der Waals surface area contributed by atoms with Crippen molar-refractivity contribution in [3.05, 3.63) is 21.9 Å². The zero-order chi connectivity index (χ0) is 7.84. The molecule has 1 aromatic rings. The van der Waals surface area contributed by atoms with Gasteiger partial charge in [-0.2, -0.15) is 0 Å². The molecule has 3 N–H and O–H groups in total. The van der Waals surface area contributed by atoms with Crippen molar-refractivity contribution in [2.75, 3.05) is 0 Å². The lowest BCUT2D eigenvalue weighted by Crippen LogP contribution is -2.30. The topological polar surface area (TPSA) is 46.2 Å². The third-order valence-electron chi connectivity index (χ3n) is 2.22. The van der Waals surface area contributed by atoms with E-state index in [4.69, 9.17) is 5.73 Å². The maximum atomic E-state index is 9.42. The molecule has 0 aliphatic heterocycles. The molecule has 0 unspecified atom stereocenters. The zero-order valence-corrected chi connectivity index (χ0v) is 6.97. The number of aryl methyl sites for hydroxylation is 1. The Morgan fingerprint density at radius 1 is 1.64 bits per heavy atom. The second-order valence-corrected chi connectivity index (χ2v) is 3.93. The fraction of sp³-hybridized carbons (Fsp3) is 0.500. The van der Waals surface area contributed by atoms with Gasteiger partial charge in [0.1, 0.15) is 0 Å². The van der Waals surface area contributed by atoms with E-state index in [1.54, 1.807) is 11.3 Å². The molecular formula is C8H11NOS. The summed E-state index contributed by atoms with van der Waals surface area (Å²) in [5.74, 6) is 0. The highest BCUT2D eigenvalue weighted by molar-refractivity contribution is 7.10. The Bertz CT molecular complexity index is 258. The summed E-state index contributed by atoms with van der Waals surface area (Å²) in [6.07, 6.45) is 1.47. The summed E-state index contributed by atoms with van der Waals surface area (Å²) in [6, 6.07) is 1.87. The van der Waals surface area contributed by atoms with Crippen molar-refractivity contribution in [2.45, 2.75) is 25.0 Å². The smallest absolute Gasteiger partial charge is 0.0736 e. The van der Waals surface area contributed by atoms with Gasteiger partial charge in [0.2, 0.25) is 0 Å². The molecule has 0 bridgehead atoms. The van der Waals surface area contributed by atoms with Crippen LogP contribution in [0.15, 0.2) is 11.4 Å². The first-order chi connectivity index (χ1) is 5.29. The summed E-state index contributed by atoms with van der Waals surface area (Å²) in [5, 5.41) is 11.5. The molecule has 1 aliphatic rings. The average molecular weight is 169 g/mol. The Hall–Kier alpha value is -0.380. The van der Waals surface area contributed by atoms with E-state index in [1.807, 2.05) is 11.4 Å². The van der Waals surface area contributed by atoms with Crippen molar-refractivity contribution in [1.82, 2.24) is 0 Å². The summed E-state index contributed by atoms with van der Waals surface area (Å²) >= 11 is 1.74. The van der Waals surface area contributed by atoms with Crippen LogP contribution < -0.4 is 5.73 Å². The molecule has 2 atom stereocenters. The molecule has 0 saturated carbocycles. The lowest BCUT2D eigenvalue weighted by atomic mass is 9.92. The Kier molecular flexibility index (Phi) is 1.71. The largest absolute Gasteiger partial charge is 0.391 e. The van der Waals surface area contributed by atoms with Crippen LogP contribution in [0, 0.1) is 0 Å². The average Bonchev–Trinajstić information content (AvgIpc) is 2.45. The molecule has 2 rings (SSSR count). The highest BCUT2D eigenvalue weighted by Gasteiger charge is 2.25. The summed E-state index contributed by atoms with van der Waals surface area (Å²) in [4.78, 5) is 1.35. The Balaban J connectivity index is 2.38. The number of fused-ring (bicyclic) bond motifs is 1. The molecule has 60 valence electrons. The van der Waals surface area contributed by atoms with Crippen LogP contribution in [-0.2, 0) is 6.42 Å². The van der Waals surface area contributed by atoms with Crippen LogP contribution in [0.1, 0.15) is 22.9 Å². The van der Waals surface area contributed by atoms with Crippen molar-refractivity contribution >= 4 is 11.3 Å². The maximum absolute atomic E-state index is 9.42. The maximum Gasteiger partial charge on any atom is 0.0736 e. The molecule has 1 heterocycles. The molecule has 0 amide bonds. The predicted octanol–water partition coefficient (Wildman–Crippen LogP) is 1.06. The van der Waals surface area contributed by atoms with Crippen molar-refractivity contribution in [2.24, 2.45) is 5.73 Å². The molecule has 1 aromatic heterocycles. The standard InChI is InChI=1S/C8H11NOS/c9-8-5-3-4-11-7(5)2-1-6(8)10/h3-4,6,8,10H,1-2,9H2/t6-,8-/m1/s1. The highest BCUT2D eigenvalue weighted by Crippen LogP contribution is 2.31. The van der Waals surface area contributed by atoms with Gasteiger partial charge < -0.3 is 10.8 Å². The van der Waals surface area contributed by atoms with Gasteiger partial charge in [-0.15, -0.1) is 11.3 Å². The first kappa shape index (κ1) is 7.28. The van der Waals surface area contributed by atoms with E-state index in [-0.39, 0.29) is 12.1 Å². The minimum Gasteiger partial charge on any atom is -0.391 e. The predicted molar refractivity (Wildman–Crippen MR) is 45.6 cm³/mol. The van der Waals surface area contributed by atoms with E-state index in [0.29, 0.717) is 0 Å². The van der Waals surface area contributed by atoms with Crippen LogP contribution in [0.4, 0.5) is 0 Å². The van der Waals surface area contributed by atoms with E-state index in [0.717, 1.165) is 18.4 Å². The van der Waals surface area contributed by atoms with Gasteiger partial charge in [0.05, 0.1) is 12.1 Å². The van der Waals surface area contributed by atoms with Crippen molar-refractivity contribution in [3.63, 3.8) is 0 Å². The third kappa shape index (κ3) is 1.09. The lowest BCUT2D eigenvalue weighted by molar-refractivity contribution is 0.129. The number of hydrogen-bond acceptors (Lipinski definition) is 3. The molecular weight excluding hydrogens is 158 g/mol. The van der Waals surface area contributed by atoms with E-state index in [1.165, 1.54) is 4.88 Å².